The Labute approximate surface area is 164 Å². The van der Waals surface area contributed by atoms with Crippen LogP contribution in [0.15, 0.2) is 53.5 Å². The van der Waals surface area contributed by atoms with Gasteiger partial charge < -0.3 is 15.4 Å². The number of rotatable bonds is 4. The first-order valence-corrected chi connectivity index (χ1v) is 9.37. The summed E-state index contributed by atoms with van der Waals surface area (Å²) in [5.74, 6) is 0.262. The summed E-state index contributed by atoms with van der Waals surface area (Å²) in [7, 11) is 1.57. The number of thiazole rings is 1. The molecule has 28 heavy (non-hydrogen) atoms. The van der Waals surface area contributed by atoms with Crippen molar-refractivity contribution in [2.24, 2.45) is 4.99 Å². The average Bonchev–Trinajstić information content (AvgIpc) is 3.10. The number of amides is 2. The third-order valence-electron chi connectivity index (χ3n) is 4.10. The van der Waals surface area contributed by atoms with Crippen molar-refractivity contribution in [1.82, 2.24) is 10.3 Å². The summed E-state index contributed by atoms with van der Waals surface area (Å²) < 4.78 is 6.11. The highest BCUT2D eigenvalue weighted by molar-refractivity contribution is 7.22. The maximum absolute atomic E-state index is 12.5. The van der Waals surface area contributed by atoms with Crippen LogP contribution in [-0.4, -0.2) is 35.9 Å². The minimum atomic E-state index is -0.826. The number of hydrogen-bond donors (Lipinski definition) is 3. The fraction of sp³-hybridized carbons (Fsp3) is 0.158. The number of aliphatic imine (C=N–C) groups is 1. The number of para-hydroxylation sites is 1. The monoisotopic (exact) mass is 395 g/mol. The van der Waals surface area contributed by atoms with Crippen LogP contribution >= 0.6 is 11.3 Å². The Hall–Kier alpha value is -3.46. The average molecular weight is 395 g/mol. The lowest BCUT2D eigenvalue weighted by molar-refractivity contribution is -0.124. The van der Waals surface area contributed by atoms with Crippen molar-refractivity contribution in [2.75, 3.05) is 17.7 Å². The molecule has 2 heterocycles. The molecule has 142 valence electrons. The van der Waals surface area contributed by atoms with E-state index in [1.807, 2.05) is 24.3 Å². The summed E-state index contributed by atoms with van der Waals surface area (Å²) in [5.41, 5.74) is 1.46. The van der Waals surface area contributed by atoms with Crippen molar-refractivity contribution in [1.29, 1.82) is 0 Å². The first kappa shape index (κ1) is 17.9. The molecule has 8 nitrogen and oxygen atoms in total. The first-order valence-electron chi connectivity index (χ1n) is 8.56. The Balaban J connectivity index is 1.48. The normalized spacial score (nSPS) is 16.2. The Kier molecular flexibility index (Phi) is 4.90. The fourth-order valence-electron chi connectivity index (χ4n) is 2.73. The molecule has 3 aromatic rings. The Morgan fingerprint density at radius 3 is 2.75 bits per heavy atom. The van der Waals surface area contributed by atoms with E-state index in [0.717, 1.165) is 10.2 Å². The highest BCUT2D eigenvalue weighted by Gasteiger charge is 2.27. The van der Waals surface area contributed by atoms with Gasteiger partial charge in [-0.15, -0.1) is 0 Å². The second-order valence-electron chi connectivity index (χ2n) is 6.08. The first-order chi connectivity index (χ1) is 13.6. The second-order valence-corrected chi connectivity index (χ2v) is 7.11. The van der Waals surface area contributed by atoms with Gasteiger partial charge in [-0.1, -0.05) is 23.5 Å². The molecule has 9 heteroatoms. The van der Waals surface area contributed by atoms with E-state index < -0.39 is 6.04 Å². The van der Waals surface area contributed by atoms with E-state index in [0.29, 0.717) is 16.6 Å². The minimum absolute atomic E-state index is 0.0208. The number of aromatic nitrogens is 1. The van der Waals surface area contributed by atoms with E-state index in [2.05, 4.69) is 25.9 Å². The van der Waals surface area contributed by atoms with Gasteiger partial charge in [0.05, 0.1) is 23.7 Å². The van der Waals surface area contributed by atoms with Gasteiger partial charge in [0.25, 0.3) is 0 Å². The number of carbonyl (C=O) groups is 2. The highest BCUT2D eigenvalue weighted by atomic mass is 32.1. The van der Waals surface area contributed by atoms with E-state index >= 15 is 0 Å². The maximum atomic E-state index is 12.5. The maximum Gasteiger partial charge on any atom is 0.249 e. The summed E-state index contributed by atoms with van der Waals surface area (Å²) in [4.78, 5) is 33.4. The van der Waals surface area contributed by atoms with Crippen molar-refractivity contribution >= 4 is 50.1 Å². The van der Waals surface area contributed by atoms with Crippen LogP contribution in [0, 0.1) is 0 Å². The van der Waals surface area contributed by atoms with Crippen LogP contribution in [0.4, 0.5) is 10.8 Å². The molecule has 0 aliphatic carbocycles. The molecular formula is C19H17N5O3S. The number of hydrogen-bond acceptors (Lipinski definition) is 7. The van der Waals surface area contributed by atoms with Crippen LogP contribution in [0.2, 0.25) is 0 Å². The number of nitrogens with one attached hydrogen (secondary N) is 3. The zero-order valence-electron chi connectivity index (χ0n) is 14.9. The molecule has 1 aliphatic heterocycles. The van der Waals surface area contributed by atoms with Gasteiger partial charge in [-0.05, 0) is 36.4 Å². The van der Waals surface area contributed by atoms with Crippen molar-refractivity contribution in [3.63, 3.8) is 0 Å². The van der Waals surface area contributed by atoms with Crippen LogP contribution in [-0.2, 0) is 9.59 Å². The zero-order valence-corrected chi connectivity index (χ0v) is 15.7. The number of ether oxygens (including phenoxy) is 1. The Bertz CT molecular complexity index is 1030. The van der Waals surface area contributed by atoms with Crippen molar-refractivity contribution in [2.45, 2.75) is 12.5 Å². The minimum Gasteiger partial charge on any atom is -0.497 e. The van der Waals surface area contributed by atoms with Crippen molar-refractivity contribution in [3.8, 4) is 5.75 Å². The molecule has 0 saturated carbocycles. The van der Waals surface area contributed by atoms with Gasteiger partial charge in [-0.2, -0.15) is 0 Å². The van der Waals surface area contributed by atoms with Gasteiger partial charge in [-0.3, -0.25) is 14.9 Å². The predicted octanol–water partition coefficient (Wildman–Crippen LogP) is 2.60. The van der Waals surface area contributed by atoms with E-state index in [9.17, 15) is 9.59 Å². The Morgan fingerprint density at radius 1 is 1.21 bits per heavy atom. The van der Waals surface area contributed by atoms with Gasteiger partial charge in [-0.25, -0.2) is 9.98 Å². The Morgan fingerprint density at radius 2 is 2.00 bits per heavy atom. The zero-order chi connectivity index (χ0) is 19.5. The lowest BCUT2D eigenvalue weighted by Gasteiger charge is -2.20. The van der Waals surface area contributed by atoms with E-state index in [-0.39, 0.29) is 24.2 Å². The topological polar surface area (TPSA) is 105 Å². The lowest BCUT2D eigenvalue weighted by atomic mass is 10.1. The smallest absolute Gasteiger partial charge is 0.249 e. The molecule has 1 atom stereocenters. The third kappa shape index (κ3) is 3.94. The molecule has 0 unspecified atom stereocenters. The molecule has 1 aliphatic rings. The standard InChI is InChI=1S/C19H17N5O3S/c1-27-12-8-6-11(7-9-12)20-17(26)14-10-16(25)23-18(21-14)24-19-22-13-4-2-3-5-15(13)28-19/h2-9,14H,10H2,1H3,(H,20,26)(H2,21,22,23,24,25)/t14-/m1/s1. The highest BCUT2D eigenvalue weighted by Crippen LogP contribution is 2.25. The van der Waals surface area contributed by atoms with Crippen LogP contribution in [0.1, 0.15) is 6.42 Å². The molecule has 1 aromatic heterocycles. The molecule has 2 amide bonds. The molecule has 0 saturated heterocycles. The van der Waals surface area contributed by atoms with Gasteiger partial charge in [0.1, 0.15) is 11.8 Å². The number of methoxy groups -OCH3 is 1. The number of carbonyl (C=O) groups excluding carboxylic acids is 2. The van der Waals surface area contributed by atoms with Gasteiger partial charge in [0.2, 0.25) is 17.8 Å². The van der Waals surface area contributed by atoms with Crippen molar-refractivity contribution in [3.05, 3.63) is 48.5 Å². The second kappa shape index (κ2) is 7.65. The number of fused-ring (bicyclic) bond motifs is 1. The van der Waals surface area contributed by atoms with E-state index in [1.54, 1.807) is 31.4 Å². The molecule has 0 spiro atoms. The molecule has 0 bridgehead atoms. The predicted molar refractivity (Wildman–Crippen MR) is 109 cm³/mol. The van der Waals surface area contributed by atoms with E-state index in [1.165, 1.54) is 11.3 Å². The summed E-state index contributed by atoms with van der Waals surface area (Å²) in [6.07, 6.45) is -0.0208. The molecule has 4 rings (SSSR count). The SMILES string of the molecule is COc1ccc(NC(=O)[C@H]2CC(=O)NC(Nc3nc4ccccc4s3)=N2)cc1. The number of nitrogens with zero attached hydrogens (tertiary/aromatic N) is 2. The number of anilines is 2. The quantitative estimate of drug-likeness (QED) is 0.630. The third-order valence-corrected chi connectivity index (χ3v) is 5.05. The van der Waals surface area contributed by atoms with Crippen molar-refractivity contribution < 1.29 is 14.3 Å². The summed E-state index contributed by atoms with van der Waals surface area (Å²) in [5, 5.41) is 9.00. The number of benzene rings is 2. The fourth-order valence-corrected chi connectivity index (χ4v) is 3.60. The summed E-state index contributed by atoms with van der Waals surface area (Å²) in [6, 6.07) is 13.8. The van der Waals surface area contributed by atoms with Gasteiger partial charge in [0.15, 0.2) is 5.13 Å². The molecule has 0 fully saturated rings. The van der Waals surface area contributed by atoms with Crippen LogP contribution in [0.3, 0.4) is 0 Å². The van der Waals surface area contributed by atoms with Gasteiger partial charge in [0, 0.05) is 5.69 Å². The molecule has 0 radical (unpaired) electrons. The largest absolute Gasteiger partial charge is 0.497 e. The summed E-state index contributed by atoms with van der Waals surface area (Å²) in [6.45, 7) is 0. The van der Waals surface area contributed by atoms with Crippen LogP contribution in [0.5, 0.6) is 5.75 Å². The van der Waals surface area contributed by atoms with Gasteiger partial charge >= 0.3 is 0 Å². The van der Waals surface area contributed by atoms with Crippen LogP contribution in [0.25, 0.3) is 10.2 Å². The lowest BCUT2D eigenvalue weighted by Crippen LogP contribution is -2.45. The van der Waals surface area contributed by atoms with E-state index in [4.69, 9.17) is 4.74 Å². The number of guanidine groups is 1. The molecular weight excluding hydrogens is 378 g/mol. The van der Waals surface area contributed by atoms with Crippen LogP contribution < -0.4 is 20.7 Å². The molecule has 2 aromatic carbocycles. The molecule has 3 N–H and O–H groups in total. The summed E-state index contributed by atoms with van der Waals surface area (Å²) >= 11 is 1.44.